The number of nitrogens with two attached hydrogens (primary N) is 1. The van der Waals surface area contributed by atoms with Gasteiger partial charge in [-0.05, 0) is 18.2 Å². The van der Waals surface area contributed by atoms with Crippen LogP contribution < -0.4 is 15.6 Å². The fraction of sp³-hybridized carbons (Fsp3) is 0.238. The van der Waals surface area contributed by atoms with E-state index in [0.717, 1.165) is 12.1 Å². The summed E-state index contributed by atoms with van der Waals surface area (Å²) < 4.78 is 11.3. The summed E-state index contributed by atoms with van der Waals surface area (Å²) in [6.07, 6.45) is 11.0. The molecule has 0 atom stereocenters. The monoisotopic (exact) mass is 421 g/mol. The molecule has 0 saturated carbocycles. The highest BCUT2D eigenvalue weighted by atomic mass is 16.5. The summed E-state index contributed by atoms with van der Waals surface area (Å²) in [6.45, 7) is 1.40. The summed E-state index contributed by atoms with van der Waals surface area (Å²) in [5, 5.41) is 25.3. The van der Waals surface area contributed by atoms with Crippen molar-refractivity contribution in [3.63, 3.8) is 0 Å². The standard InChI is InChI=1S/C21H25N8O2/c1-27-8-9-28(14-27)7-5-24-21-20(18-4-2-3-6-29(18)26-21)25-17-13-19(31-11-10-30)16(23)12-15(17)22/h2-4,6,8-9,12-14,22,30H,5,7,10-11,23H2,1H3,(H,24,26)/q+1. The van der Waals surface area contributed by atoms with E-state index < -0.39 is 0 Å². The lowest BCUT2D eigenvalue weighted by molar-refractivity contribution is -0.671. The zero-order valence-electron chi connectivity index (χ0n) is 17.2. The number of nitrogens with zero attached hydrogens (tertiary/aromatic N) is 5. The molecule has 0 spiro atoms. The molecule has 10 heteroatoms. The van der Waals surface area contributed by atoms with Crippen molar-refractivity contribution in [2.45, 2.75) is 6.54 Å². The topological polar surface area (TPSA) is 130 Å². The summed E-state index contributed by atoms with van der Waals surface area (Å²) in [7, 11) is 1.98. The molecule has 3 aromatic rings. The lowest BCUT2D eigenvalue weighted by Crippen LogP contribution is -2.24. The molecule has 0 bridgehead atoms. The van der Waals surface area contributed by atoms with Crippen LogP contribution in [0, 0.1) is 5.41 Å². The molecule has 3 aromatic heterocycles. The van der Waals surface area contributed by atoms with Crippen LogP contribution in [0.15, 0.2) is 71.7 Å². The van der Waals surface area contributed by atoms with Crippen molar-refractivity contribution in [2.24, 2.45) is 17.8 Å². The first-order valence-corrected chi connectivity index (χ1v) is 9.88. The highest BCUT2D eigenvalue weighted by Crippen LogP contribution is 2.30. The van der Waals surface area contributed by atoms with E-state index in [1.807, 2.05) is 54.7 Å². The highest BCUT2D eigenvalue weighted by molar-refractivity contribution is 6.50. The molecule has 1 aliphatic carbocycles. The number of nitrogens with one attached hydrogen (secondary N) is 2. The summed E-state index contributed by atoms with van der Waals surface area (Å²) in [5.41, 5.74) is 8.30. The third-order valence-electron chi connectivity index (χ3n) is 4.71. The molecule has 3 heterocycles. The minimum absolute atomic E-state index is 0.113. The van der Waals surface area contributed by atoms with E-state index in [1.54, 1.807) is 10.6 Å². The minimum atomic E-state index is -0.129. The highest BCUT2D eigenvalue weighted by Gasteiger charge is 2.18. The predicted octanol–water partition coefficient (Wildman–Crippen LogP) is 0.914. The Bertz CT molecular complexity index is 1200. The Morgan fingerprint density at radius 2 is 2.19 bits per heavy atom. The fourth-order valence-electron chi connectivity index (χ4n) is 3.23. The molecular formula is C21H25N8O2+. The first kappa shape index (κ1) is 20.4. The van der Waals surface area contributed by atoms with Gasteiger partial charge in [0, 0.05) is 12.3 Å². The van der Waals surface area contributed by atoms with Gasteiger partial charge in [-0.15, -0.1) is 5.10 Å². The number of aliphatic hydroxyl groups is 1. The maximum Gasteiger partial charge on any atom is 0.243 e. The normalized spacial score (nSPS) is 15.3. The van der Waals surface area contributed by atoms with E-state index in [2.05, 4.69) is 15.0 Å². The summed E-state index contributed by atoms with van der Waals surface area (Å²) in [6, 6.07) is 5.74. The van der Waals surface area contributed by atoms with E-state index >= 15 is 0 Å². The van der Waals surface area contributed by atoms with Gasteiger partial charge >= 0.3 is 0 Å². The van der Waals surface area contributed by atoms with Crippen molar-refractivity contribution >= 4 is 28.4 Å². The third kappa shape index (κ3) is 4.48. The summed E-state index contributed by atoms with van der Waals surface area (Å²) >= 11 is 0. The molecule has 0 fully saturated rings. The van der Waals surface area contributed by atoms with Crippen molar-refractivity contribution in [3.05, 3.63) is 66.7 Å². The van der Waals surface area contributed by atoms with Crippen molar-refractivity contribution < 1.29 is 14.4 Å². The second-order valence-corrected chi connectivity index (χ2v) is 7.06. The van der Waals surface area contributed by atoms with E-state index in [1.165, 1.54) is 6.08 Å². The largest absolute Gasteiger partial charge is 0.489 e. The second kappa shape index (κ2) is 8.84. The maximum atomic E-state index is 9.02. The van der Waals surface area contributed by atoms with Gasteiger partial charge in [0.1, 0.15) is 37.0 Å². The lowest BCUT2D eigenvalue weighted by Gasteiger charge is -2.15. The number of rotatable bonds is 8. The van der Waals surface area contributed by atoms with Crippen molar-refractivity contribution in [2.75, 3.05) is 25.1 Å². The zero-order chi connectivity index (χ0) is 21.8. The quantitative estimate of drug-likeness (QED) is 0.317. The molecule has 0 unspecified atom stereocenters. The average Bonchev–Trinajstić information content (AvgIpc) is 3.32. The molecule has 0 radical (unpaired) electrons. The number of imidazole rings is 1. The van der Waals surface area contributed by atoms with Crippen LogP contribution in [0.25, 0.3) is 5.52 Å². The number of hydrogen-bond donors (Lipinski definition) is 4. The molecule has 1 aliphatic rings. The lowest BCUT2D eigenvalue weighted by atomic mass is 10.1. The Hall–Kier alpha value is -3.92. The number of aryl methyl sites for hydroxylation is 1. The third-order valence-corrected chi connectivity index (χ3v) is 4.71. The average molecular weight is 421 g/mol. The number of ether oxygens (including phenoxy) is 1. The Kier molecular flexibility index (Phi) is 5.80. The Morgan fingerprint density at radius 1 is 1.32 bits per heavy atom. The maximum absolute atomic E-state index is 9.02. The number of aromatic nitrogens is 4. The SMILES string of the molecule is C[n+]1ccn(CCNc2nn3ccccc3c2N=C2C=C(OCCO)C(N)=CC2=N)c1. The van der Waals surface area contributed by atoms with Gasteiger partial charge in [-0.3, -0.25) is 5.41 Å². The molecule has 0 saturated heterocycles. The van der Waals surface area contributed by atoms with Crippen LogP contribution in [0.5, 0.6) is 0 Å². The molecule has 0 amide bonds. The van der Waals surface area contributed by atoms with Crippen molar-refractivity contribution in [3.8, 4) is 0 Å². The van der Waals surface area contributed by atoms with Crippen LogP contribution in [-0.2, 0) is 18.3 Å². The van der Waals surface area contributed by atoms with Gasteiger partial charge in [-0.2, -0.15) is 0 Å². The van der Waals surface area contributed by atoms with Gasteiger partial charge < -0.3 is 20.9 Å². The van der Waals surface area contributed by atoms with E-state index in [9.17, 15) is 0 Å². The van der Waals surface area contributed by atoms with E-state index in [4.69, 9.17) is 26.0 Å². The number of aliphatic imine (C=N–C) groups is 1. The Balaban J connectivity index is 1.64. The first-order valence-electron chi connectivity index (χ1n) is 9.88. The van der Waals surface area contributed by atoms with Gasteiger partial charge in [-0.25, -0.2) is 18.6 Å². The molecule has 4 rings (SSSR count). The van der Waals surface area contributed by atoms with Crippen LogP contribution in [0.2, 0.25) is 0 Å². The summed E-state index contributed by atoms with van der Waals surface area (Å²) in [5.74, 6) is 1.01. The minimum Gasteiger partial charge on any atom is -0.489 e. The number of anilines is 1. The Morgan fingerprint density at radius 3 is 2.97 bits per heavy atom. The predicted molar refractivity (Wildman–Crippen MR) is 118 cm³/mol. The molecular weight excluding hydrogens is 396 g/mol. The van der Waals surface area contributed by atoms with Crippen LogP contribution in [0.3, 0.4) is 0 Å². The second-order valence-electron chi connectivity index (χ2n) is 7.06. The van der Waals surface area contributed by atoms with Crippen LogP contribution >= 0.6 is 0 Å². The van der Waals surface area contributed by atoms with Crippen molar-refractivity contribution in [1.29, 1.82) is 5.41 Å². The number of pyridine rings is 1. The van der Waals surface area contributed by atoms with Crippen molar-refractivity contribution in [1.82, 2.24) is 14.2 Å². The van der Waals surface area contributed by atoms with Gasteiger partial charge in [-0.1, -0.05) is 6.07 Å². The molecule has 31 heavy (non-hydrogen) atoms. The number of aliphatic hydroxyl groups excluding tert-OH is 1. The smallest absolute Gasteiger partial charge is 0.243 e. The van der Waals surface area contributed by atoms with Gasteiger partial charge in [0.2, 0.25) is 6.33 Å². The fourth-order valence-corrected chi connectivity index (χ4v) is 3.23. The molecule has 0 aliphatic heterocycles. The number of allylic oxidation sites excluding steroid dienone is 2. The van der Waals surface area contributed by atoms with Gasteiger partial charge in [0.15, 0.2) is 5.82 Å². The van der Waals surface area contributed by atoms with Gasteiger partial charge in [0.25, 0.3) is 0 Å². The van der Waals surface area contributed by atoms with Gasteiger partial charge in [0.05, 0.1) is 42.8 Å². The Labute approximate surface area is 179 Å². The number of hydrogen-bond acceptors (Lipinski definition) is 7. The van der Waals surface area contributed by atoms with E-state index in [-0.39, 0.29) is 18.9 Å². The van der Waals surface area contributed by atoms with E-state index in [0.29, 0.717) is 35.2 Å². The molecule has 5 N–H and O–H groups in total. The first-order chi connectivity index (χ1) is 15.0. The van der Waals surface area contributed by atoms with Crippen LogP contribution in [-0.4, -0.2) is 50.5 Å². The van der Waals surface area contributed by atoms with Crippen LogP contribution in [0.1, 0.15) is 0 Å². The summed E-state index contributed by atoms with van der Waals surface area (Å²) in [4.78, 5) is 4.73. The van der Waals surface area contributed by atoms with Crippen LogP contribution in [0.4, 0.5) is 11.5 Å². The molecule has 10 nitrogen and oxygen atoms in total. The number of fused-ring (bicyclic) bond motifs is 1. The zero-order valence-corrected chi connectivity index (χ0v) is 17.2. The molecule has 0 aromatic carbocycles. The molecule has 160 valence electrons.